The predicted molar refractivity (Wildman–Crippen MR) is 168 cm³/mol. The molecule has 1 aromatic heterocycles. The second-order valence-corrected chi connectivity index (χ2v) is 13.2. The number of anilines is 2. The minimum Gasteiger partial charge on any atom is -0.366 e. The van der Waals surface area contributed by atoms with Crippen LogP contribution in [0.1, 0.15) is 18.5 Å². The molecule has 1 unspecified atom stereocenters. The van der Waals surface area contributed by atoms with Crippen LogP contribution in [-0.4, -0.2) is 67.4 Å². The minimum absolute atomic E-state index is 0.0297. The van der Waals surface area contributed by atoms with Crippen molar-refractivity contribution in [2.24, 2.45) is 0 Å². The van der Waals surface area contributed by atoms with Gasteiger partial charge in [0, 0.05) is 43.3 Å². The van der Waals surface area contributed by atoms with Crippen molar-refractivity contribution in [1.82, 2.24) is 19.6 Å². The van der Waals surface area contributed by atoms with Gasteiger partial charge >= 0.3 is 0 Å². The highest BCUT2D eigenvalue weighted by Gasteiger charge is 2.39. The Morgan fingerprint density at radius 1 is 0.889 bits per heavy atom. The Kier molecular flexibility index (Phi) is 8.97. The van der Waals surface area contributed by atoms with Gasteiger partial charge in [0.1, 0.15) is 17.7 Å². The maximum absolute atomic E-state index is 14.4. The quantitative estimate of drug-likeness (QED) is 0.290. The number of hydrogen-bond acceptors (Lipinski definition) is 7. The van der Waals surface area contributed by atoms with Crippen molar-refractivity contribution >= 4 is 39.2 Å². The number of piperazine rings is 1. The van der Waals surface area contributed by atoms with Crippen LogP contribution in [0.15, 0.2) is 83.8 Å². The molecule has 3 heterocycles. The summed E-state index contributed by atoms with van der Waals surface area (Å²) in [7, 11) is -4.00. The summed E-state index contributed by atoms with van der Waals surface area (Å²) in [6.07, 6.45) is 0.879. The van der Waals surface area contributed by atoms with E-state index in [2.05, 4.69) is 5.32 Å². The van der Waals surface area contributed by atoms with Gasteiger partial charge in [-0.2, -0.15) is 4.31 Å². The fourth-order valence-corrected chi connectivity index (χ4v) is 7.59. The summed E-state index contributed by atoms with van der Waals surface area (Å²) in [5, 5.41) is 3.37. The van der Waals surface area contributed by atoms with Crippen molar-refractivity contribution in [2.75, 3.05) is 42.5 Å². The number of carbonyl (C=O) groups is 1. The van der Waals surface area contributed by atoms with Crippen LogP contribution < -0.4 is 15.1 Å². The molecule has 0 saturated carbocycles. The molecule has 4 aromatic rings. The number of amides is 1. The summed E-state index contributed by atoms with van der Waals surface area (Å²) in [4.78, 5) is 26.8. The molecule has 0 aliphatic carbocycles. The van der Waals surface area contributed by atoms with Crippen molar-refractivity contribution in [1.29, 1.82) is 0 Å². The molecular formula is C32H31ClF2N6O3S. The summed E-state index contributed by atoms with van der Waals surface area (Å²) in [5.74, 6) is -0.813. The Morgan fingerprint density at radius 2 is 1.58 bits per heavy atom. The summed E-state index contributed by atoms with van der Waals surface area (Å²) < 4.78 is 55.6. The number of aromatic nitrogens is 2. The van der Waals surface area contributed by atoms with Gasteiger partial charge in [-0.1, -0.05) is 41.9 Å². The van der Waals surface area contributed by atoms with Gasteiger partial charge in [0.2, 0.25) is 21.9 Å². The Labute approximate surface area is 265 Å². The molecule has 2 aliphatic rings. The van der Waals surface area contributed by atoms with Crippen LogP contribution in [0.25, 0.3) is 11.3 Å². The monoisotopic (exact) mass is 652 g/mol. The van der Waals surface area contributed by atoms with Gasteiger partial charge in [-0.25, -0.2) is 27.2 Å². The van der Waals surface area contributed by atoms with E-state index in [0.717, 1.165) is 12.1 Å². The van der Waals surface area contributed by atoms with E-state index in [0.29, 0.717) is 72.6 Å². The van der Waals surface area contributed by atoms with E-state index in [1.54, 1.807) is 24.3 Å². The zero-order valence-corrected chi connectivity index (χ0v) is 25.8. The van der Waals surface area contributed by atoms with E-state index in [1.807, 2.05) is 34.1 Å². The lowest BCUT2D eigenvalue weighted by molar-refractivity contribution is -0.124. The molecule has 13 heteroatoms. The summed E-state index contributed by atoms with van der Waals surface area (Å²) in [5.41, 5.74) is 2.35. The molecule has 0 bridgehead atoms. The van der Waals surface area contributed by atoms with Crippen molar-refractivity contribution in [3.8, 4) is 11.3 Å². The molecule has 3 aromatic carbocycles. The summed E-state index contributed by atoms with van der Waals surface area (Å²) in [6.45, 7) is 2.43. The largest absolute Gasteiger partial charge is 0.366 e. The number of rotatable bonds is 8. The lowest BCUT2D eigenvalue weighted by Gasteiger charge is -2.36. The molecule has 1 N–H and O–H groups in total. The van der Waals surface area contributed by atoms with Crippen LogP contribution in [0.2, 0.25) is 5.02 Å². The van der Waals surface area contributed by atoms with Crippen LogP contribution >= 0.6 is 11.6 Å². The normalized spacial score (nSPS) is 17.4. The van der Waals surface area contributed by atoms with Crippen LogP contribution in [0.3, 0.4) is 0 Å². The highest BCUT2D eigenvalue weighted by molar-refractivity contribution is 7.89. The second kappa shape index (κ2) is 13.1. The molecule has 9 nitrogen and oxygen atoms in total. The third-order valence-corrected chi connectivity index (χ3v) is 10.3. The van der Waals surface area contributed by atoms with E-state index in [1.165, 1.54) is 22.5 Å². The van der Waals surface area contributed by atoms with Gasteiger partial charge in [-0.15, -0.1) is 0 Å². The van der Waals surface area contributed by atoms with Crippen LogP contribution in [0.5, 0.6) is 0 Å². The van der Waals surface area contributed by atoms with Crippen LogP contribution in [0, 0.1) is 11.6 Å². The van der Waals surface area contributed by atoms with Crippen molar-refractivity contribution in [2.45, 2.75) is 30.3 Å². The topological polar surface area (TPSA) is 98.7 Å². The highest BCUT2D eigenvalue weighted by Crippen LogP contribution is 2.30. The fourth-order valence-electron chi connectivity index (χ4n) is 5.71. The molecule has 1 amide bonds. The Bertz CT molecular complexity index is 1800. The number of sulfonamides is 1. The lowest BCUT2D eigenvalue weighted by atomic mass is 10.1. The Morgan fingerprint density at radius 3 is 2.31 bits per heavy atom. The number of para-hydroxylation sites is 1. The molecule has 1 atom stereocenters. The number of hydrogen-bond donors (Lipinski definition) is 1. The van der Waals surface area contributed by atoms with Crippen LogP contribution in [-0.2, 0) is 21.4 Å². The molecule has 2 aliphatic heterocycles. The number of benzene rings is 3. The first-order valence-electron chi connectivity index (χ1n) is 14.6. The minimum atomic E-state index is -4.00. The third kappa shape index (κ3) is 6.63. The van der Waals surface area contributed by atoms with E-state index >= 15 is 0 Å². The zero-order valence-electron chi connectivity index (χ0n) is 24.2. The van der Waals surface area contributed by atoms with Crippen molar-refractivity contribution < 1.29 is 22.0 Å². The van der Waals surface area contributed by atoms with Gasteiger partial charge in [-0.05, 0) is 61.4 Å². The van der Waals surface area contributed by atoms with Gasteiger partial charge < -0.3 is 15.1 Å². The number of halogens is 3. The first-order chi connectivity index (χ1) is 21.7. The number of nitrogens with one attached hydrogen (secondary N) is 1. The Hall–Kier alpha value is -4.13. The van der Waals surface area contributed by atoms with E-state index < -0.39 is 27.8 Å². The van der Waals surface area contributed by atoms with E-state index in [9.17, 15) is 22.0 Å². The molecule has 2 saturated heterocycles. The third-order valence-electron chi connectivity index (χ3n) is 8.04. The molecule has 0 spiro atoms. The number of carbonyl (C=O) groups excluding carboxylic acids is 1. The van der Waals surface area contributed by atoms with E-state index in [-0.39, 0.29) is 23.8 Å². The lowest BCUT2D eigenvalue weighted by Crippen LogP contribution is -2.47. The molecule has 2 fully saturated rings. The maximum Gasteiger partial charge on any atom is 0.243 e. The fraction of sp³-hybridized carbons (Fsp3) is 0.281. The smallest absolute Gasteiger partial charge is 0.243 e. The zero-order chi connectivity index (χ0) is 31.6. The summed E-state index contributed by atoms with van der Waals surface area (Å²) in [6, 6.07) is 19.4. The van der Waals surface area contributed by atoms with Gasteiger partial charge in [-0.3, -0.25) is 4.79 Å². The summed E-state index contributed by atoms with van der Waals surface area (Å²) >= 11 is 6.51. The molecule has 6 rings (SSSR count). The van der Waals surface area contributed by atoms with E-state index in [4.69, 9.17) is 21.6 Å². The van der Waals surface area contributed by atoms with Crippen molar-refractivity contribution in [3.05, 3.63) is 101 Å². The molecule has 45 heavy (non-hydrogen) atoms. The van der Waals surface area contributed by atoms with Gasteiger partial charge in [0.15, 0.2) is 0 Å². The predicted octanol–water partition coefficient (Wildman–Crippen LogP) is 4.87. The molecular weight excluding hydrogens is 622 g/mol. The van der Waals surface area contributed by atoms with Crippen molar-refractivity contribution in [3.63, 3.8) is 0 Å². The second-order valence-electron chi connectivity index (χ2n) is 10.9. The highest BCUT2D eigenvalue weighted by atomic mass is 35.5. The molecule has 234 valence electrons. The van der Waals surface area contributed by atoms with Crippen LogP contribution in [0.4, 0.5) is 20.4 Å². The SMILES string of the molecule is O=C(NCc1cc(-c2ccccc2Cl)nc(N2CCN(c3ccccc3F)CC2)n1)C1CCCN1S(=O)(=O)c1ccc(F)cc1. The number of nitrogens with zero attached hydrogens (tertiary/aromatic N) is 5. The molecule has 0 radical (unpaired) electrons. The average molecular weight is 653 g/mol. The standard InChI is InChI=1S/C32H31ClF2N6O3S/c33-26-7-2-1-6-25(26)28-20-23(37-32(38-28)40-18-16-39(17-19-40)29-9-4-3-8-27(29)35)21-36-31(42)30-10-5-15-41(30)45(43,44)24-13-11-22(34)12-14-24/h1-4,6-9,11-14,20,30H,5,10,15-19,21H2,(H,36,42). The first-order valence-corrected chi connectivity index (χ1v) is 16.4. The average Bonchev–Trinajstić information content (AvgIpc) is 3.56. The Balaban J connectivity index is 1.21. The first kappa shape index (κ1) is 30.9. The van der Waals surface area contributed by atoms with Gasteiger partial charge in [0.05, 0.1) is 28.5 Å². The maximum atomic E-state index is 14.4. The van der Waals surface area contributed by atoms with Gasteiger partial charge in [0.25, 0.3) is 0 Å².